The second-order valence-corrected chi connectivity index (χ2v) is 3.81. The second kappa shape index (κ2) is 4.38. The predicted octanol–water partition coefficient (Wildman–Crippen LogP) is 2.10. The third-order valence-electron chi connectivity index (χ3n) is 2.49. The molecule has 0 saturated heterocycles. The van der Waals surface area contributed by atoms with Crippen molar-refractivity contribution in [3.63, 3.8) is 0 Å². The van der Waals surface area contributed by atoms with E-state index in [0.29, 0.717) is 0 Å². The van der Waals surface area contributed by atoms with Crippen LogP contribution in [-0.2, 0) is 0 Å². The summed E-state index contributed by atoms with van der Waals surface area (Å²) in [5.41, 5.74) is 2.17. The first-order chi connectivity index (χ1) is 6.61. The van der Waals surface area contributed by atoms with E-state index in [1.807, 2.05) is 32.3 Å². The van der Waals surface area contributed by atoms with E-state index in [-0.39, 0.29) is 5.54 Å². The van der Waals surface area contributed by atoms with Gasteiger partial charge in [-0.05, 0) is 26.5 Å². The van der Waals surface area contributed by atoms with Crippen LogP contribution in [0.1, 0.15) is 19.4 Å². The summed E-state index contributed by atoms with van der Waals surface area (Å²) in [5.74, 6) is 0. The summed E-state index contributed by atoms with van der Waals surface area (Å²) in [6, 6.07) is 10.3. The highest BCUT2D eigenvalue weighted by molar-refractivity contribution is 6.06. The van der Waals surface area contributed by atoms with Crippen molar-refractivity contribution in [2.45, 2.75) is 19.4 Å². The van der Waals surface area contributed by atoms with Gasteiger partial charge in [0.05, 0.1) is 11.3 Å². The zero-order valence-corrected chi connectivity index (χ0v) is 9.33. The maximum atomic E-state index is 4.35. The van der Waals surface area contributed by atoms with Gasteiger partial charge in [-0.15, -0.1) is 0 Å². The number of nitrogens with zero attached hydrogens (tertiary/aromatic N) is 1. The minimum atomic E-state index is -0.0872. The summed E-state index contributed by atoms with van der Waals surface area (Å²) in [6.45, 7) is 4.25. The molecule has 0 amide bonds. The monoisotopic (exact) mass is 190 g/mol. The number of hydrogen-bond donors (Lipinski definition) is 1. The van der Waals surface area contributed by atoms with Crippen LogP contribution in [0.15, 0.2) is 35.3 Å². The first kappa shape index (κ1) is 10.9. The molecular weight excluding hydrogens is 172 g/mol. The number of benzene rings is 1. The lowest BCUT2D eigenvalue weighted by Crippen LogP contribution is -2.45. The van der Waals surface area contributed by atoms with Gasteiger partial charge in [-0.1, -0.05) is 30.3 Å². The molecule has 1 aromatic carbocycles. The molecule has 14 heavy (non-hydrogen) atoms. The molecule has 0 unspecified atom stereocenters. The fourth-order valence-electron chi connectivity index (χ4n) is 1.48. The Hall–Kier alpha value is -1.15. The molecule has 0 atom stereocenters. The molecule has 2 heteroatoms. The van der Waals surface area contributed by atoms with Crippen molar-refractivity contribution in [3.8, 4) is 0 Å². The zero-order valence-electron chi connectivity index (χ0n) is 9.33. The van der Waals surface area contributed by atoms with Gasteiger partial charge in [0.25, 0.3) is 0 Å². The molecule has 0 saturated carbocycles. The normalized spacial score (nSPS) is 13.0. The van der Waals surface area contributed by atoms with Crippen molar-refractivity contribution in [1.82, 2.24) is 5.32 Å². The smallest absolute Gasteiger partial charge is 0.0612 e. The maximum absolute atomic E-state index is 4.35. The number of rotatable bonds is 3. The maximum Gasteiger partial charge on any atom is 0.0612 e. The molecule has 2 nitrogen and oxygen atoms in total. The van der Waals surface area contributed by atoms with E-state index < -0.39 is 0 Å². The molecule has 0 radical (unpaired) electrons. The van der Waals surface area contributed by atoms with E-state index in [9.17, 15) is 0 Å². The van der Waals surface area contributed by atoms with E-state index in [2.05, 4.69) is 36.3 Å². The molecule has 0 bridgehead atoms. The minimum absolute atomic E-state index is 0.0872. The summed E-state index contributed by atoms with van der Waals surface area (Å²) in [5, 5.41) is 3.26. The van der Waals surface area contributed by atoms with Gasteiger partial charge in [0.1, 0.15) is 0 Å². The number of aliphatic imine (C=N–C) groups is 1. The van der Waals surface area contributed by atoms with Crippen LogP contribution in [0.4, 0.5) is 0 Å². The van der Waals surface area contributed by atoms with Crippen LogP contribution in [0, 0.1) is 0 Å². The third-order valence-corrected chi connectivity index (χ3v) is 2.49. The van der Waals surface area contributed by atoms with Crippen LogP contribution in [-0.4, -0.2) is 25.3 Å². The molecule has 0 aliphatic carbocycles. The minimum Gasteiger partial charge on any atom is -0.310 e. The summed E-state index contributed by atoms with van der Waals surface area (Å²) in [6.07, 6.45) is 0. The fourth-order valence-corrected chi connectivity index (χ4v) is 1.48. The molecule has 1 N–H and O–H groups in total. The van der Waals surface area contributed by atoms with Crippen LogP contribution in [0.25, 0.3) is 0 Å². The van der Waals surface area contributed by atoms with Gasteiger partial charge >= 0.3 is 0 Å². The predicted molar refractivity (Wildman–Crippen MR) is 62.0 cm³/mol. The Kier molecular flexibility index (Phi) is 3.42. The van der Waals surface area contributed by atoms with E-state index in [4.69, 9.17) is 0 Å². The molecule has 0 aromatic heterocycles. The standard InChI is InChI=1S/C12H18N2/c1-12(2,14-4)11(13-3)10-8-6-5-7-9-10/h5-9,14H,1-4H3. The SMILES string of the molecule is CN=C(c1ccccc1)C(C)(C)NC. The molecule has 0 aliphatic heterocycles. The van der Waals surface area contributed by atoms with Crippen LogP contribution >= 0.6 is 0 Å². The van der Waals surface area contributed by atoms with Crippen molar-refractivity contribution in [3.05, 3.63) is 35.9 Å². The lowest BCUT2D eigenvalue weighted by Gasteiger charge is -2.26. The highest BCUT2D eigenvalue weighted by Crippen LogP contribution is 2.13. The Morgan fingerprint density at radius 2 is 1.79 bits per heavy atom. The number of nitrogens with one attached hydrogen (secondary N) is 1. The molecular formula is C12H18N2. The Morgan fingerprint density at radius 1 is 1.21 bits per heavy atom. The molecule has 0 heterocycles. The van der Waals surface area contributed by atoms with Gasteiger partial charge < -0.3 is 5.32 Å². The summed E-state index contributed by atoms with van der Waals surface area (Å²) in [7, 11) is 3.79. The van der Waals surface area contributed by atoms with Crippen LogP contribution < -0.4 is 5.32 Å². The highest BCUT2D eigenvalue weighted by atomic mass is 15.0. The molecule has 0 aliphatic rings. The zero-order chi connectivity index (χ0) is 10.6. The lowest BCUT2D eigenvalue weighted by molar-refractivity contribution is 0.563. The average molecular weight is 190 g/mol. The van der Waals surface area contributed by atoms with Gasteiger partial charge in [0.15, 0.2) is 0 Å². The largest absolute Gasteiger partial charge is 0.310 e. The van der Waals surface area contributed by atoms with Crippen molar-refractivity contribution in [2.24, 2.45) is 4.99 Å². The molecule has 76 valence electrons. The highest BCUT2D eigenvalue weighted by Gasteiger charge is 2.22. The number of hydrogen-bond acceptors (Lipinski definition) is 2. The van der Waals surface area contributed by atoms with Crippen LogP contribution in [0.2, 0.25) is 0 Å². The van der Waals surface area contributed by atoms with E-state index >= 15 is 0 Å². The van der Waals surface area contributed by atoms with Crippen molar-refractivity contribution < 1.29 is 0 Å². The fraction of sp³-hybridized carbons (Fsp3) is 0.417. The van der Waals surface area contributed by atoms with E-state index in [0.717, 1.165) is 5.71 Å². The first-order valence-electron chi connectivity index (χ1n) is 4.83. The van der Waals surface area contributed by atoms with E-state index in [1.54, 1.807) is 0 Å². The summed E-state index contributed by atoms with van der Waals surface area (Å²) < 4.78 is 0. The van der Waals surface area contributed by atoms with Crippen molar-refractivity contribution >= 4 is 5.71 Å². The molecule has 1 rings (SSSR count). The van der Waals surface area contributed by atoms with E-state index in [1.165, 1.54) is 5.56 Å². The average Bonchev–Trinajstić information content (AvgIpc) is 2.20. The van der Waals surface area contributed by atoms with Crippen molar-refractivity contribution in [1.29, 1.82) is 0 Å². The van der Waals surface area contributed by atoms with Crippen LogP contribution in [0.5, 0.6) is 0 Å². The van der Waals surface area contributed by atoms with Crippen molar-refractivity contribution in [2.75, 3.05) is 14.1 Å². The summed E-state index contributed by atoms with van der Waals surface area (Å²) in [4.78, 5) is 4.35. The topological polar surface area (TPSA) is 24.4 Å². The quantitative estimate of drug-likeness (QED) is 0.725. The Morgan fingerprint density at radius 3 is 2.21 bits per heavy atom. The Labute approximate surface area is 86.1 Å². The summed E-state index contributed by atoms with van der Waals surface area (Å²) >= 11 is 0. The number of likely N-dealkylation sites (N-methyl/N-ethyl adjacent to an activating group) is 1. The lowest BCUT2D eigenvalue weighted by atomic mass is 9.92. The first-order valence-corrected chi connectivity index (χ1v) is 4.83. The van der Waals surface area contributed by atoms with Gasteiger partial charge in [0, 0.05) is 7.05 Å². The van der Waals surface area contributed by atoms with Gasteiger partial charge in [-0.2, -0.15) is 0 Å². The van der Waals surface area contributed by atoms with Crippen LogP contribution in [0.3, 0.4) is 0 Å². The Bertz CT molecular complexity index is 312. The third kappa shape index (κ3) is 2.20. The Balaban J connectivity index is 3.07. The molecule has 0 fully saturated rings. The van der Waals surface area contributed by atoms with Gasteiger partial charge in [-0.3, -0.25) is 4.99 Å². The molecule has 1 aromatic rings. The second-order valence-electron chi connectivity index (χ2n) is 3.81. The van der Waals surface area contributed by atoms with Gasteiger partial charge in [-0.25, -0.2) is 0 Å². The molecule has 0 spiro atoms. The van der Waals surface area contributed by atoms with Gasteiger partial charge in [0.2, 0.25) is 0 Å².